The van der Waals surface area contributed by atoms with Crippen molar-refractivity contribution in [3.8, 4) is 0 Å². The predicted octanol–water partition coefficient (Wildman–Crippen LogP) is 0.737. The fraction of sp³-hybridized carbons (Fsp3) is 0.700. The Balaban J connectivity index is 2.10. The van der Waals surface area contributed by atoms with Crippen molar-refractivity contribution < 1.29 is 4.79 Å². The first-order chi connectivity index (χ1) is 7.72. The lowest BCUT2D eigenvalue weighted by Crippen LogP contribution is -2.49. The molecule has 2 heterocycles. The molecule has 1 saturated heterocycles. The third-order valence-corrected chi connectivity index (χ3v) is 3.57. The van der Waals surface area contributed by atoms with Gasteiger partial charge in [0.2, 0.25) is 0 Å². The highest BCUT2D eigenvalue weighted by molar-refractivity contribution is 6.99. The molecule has 0 aromatic carbocycles. The van der Waals surface area contributed by atoms with Crippen LogP contribution in [0, 0.1) is 5.92 Å². The maximum absolute atomic E-state index is 12.1. The van der Waals surface area contributed by atoms with E-state index in [4.69, 9.17) is 5.73 Å². The van der Waals surface area contributed by atoms with E-state index in [1.165, 1.54) is 6.20 Å². The second-order valence-corrected chi connectivity index (χ2v) is 4.87. The Morgan fingerprint density at radius 1 is 1.75 bits per heavy atom. The van der Waals surface area contributed by atoms with Crippen LogP contribution in [0.4, 0.5) is 0 Å². The monoisotopic (exact) mass is 240 g/mol. The number of likely N-dealkylation sites (tertiary alicyclic amines) is 1. The Morgan fingerprint density at radius 2 is 2.56 bits per heavy atom. The predicted molar refractivity (Wildman–Crippen MR) is 62.2 cm³/mol. The van der Waals surface area contributed by atoms with Gasteiger partial charge >= 0.3 is 0 Å². The number of carbonyl (C=O) groups is 1. The molecule has 2 N–H and O–H groups in total. The molecule has 5 nitrogen and oxygen atoms in total. The fourth-order valence-corrected chi connectivity index (χ4v) is 2.56. The Bertz CT molecular complexity index is 354. The second kappa shape index (κ2) is 4.88. The molecule has 16 heavy (non-hydrogen) atoms. The SMILES string of the molecule is CC1CCN(C(=O)c2cnsn2)C(CN)C1. The van der Waals surface area contributed by atoms with Crippen LogP contribution in [0.3, 0.4) is 0 Å². The molecule has 1 aromatic heterocycles. The van der Waals surface area contributed by atoms with E-state index in [-0.39, 0.29) is 11.9 Å². The second-order valence-electron chi connectivity index (χ2n) is 4.31. The van der Waals surface area contributed by atoms with Gasteiger partial charge in [-0.25, -0.2) is 0 Å². The molecule has 1 aromatic rings. The molecule has 0 spiro atoms. The summed E-state index contributed by atoms with van der Waals surface area (Å²) in [6.45, 7) is 3.50. The summed E-state index contributed by atoms with van der Waals surface area (Å²) < 4.78 is 7.83. The number of hydrogen-bond donors (Lipinski definition) is 1. The van der Waals surface area contributed by atoms with Crippen molar-refractivity contribution in [2.75, 3.05) is 13.1 Å². The van der Waals surface area contributed by atoms with Crippen LogP contribution in [0.15, 0.2) is 6.20 Å². The van der Waals surface area contributed by atoms with E-state index in [0.717, 1.165) is 31.1 Å². The van der Waals surface area contributed by atoms with Gasteiger partial charge in [-0.2, -0.15) is 8.75 Å². The van der Waals surface area contributed by atoms with Crippen molar-refractivity contribution in [3.63, 3.8) is 0 Å². The smallest absolute Gasteiger partial charge is 0.275 e. The van der Waals surface area contributed by atoms with Gasteiger partial charge in [-0.05, 0) is 18.8 Å². The zero-order valence-corrected chi connectivity index (χ0v) is 10.1. The van der Waals surface area contributed by atoms with Gasteiger partial charge in [0.05, 0.1) is 17.9 Å². The number of nitrogens with zero attached hydrogens (tertiary/aromatic N) is 3. The minimum Gasteiger partial charge on any atom is -0.333 e. The lowest BCUT2D eigenvalue weighted by atomic mass is 9.92. The summed E-state index contributed by atoms with van der Waals surface area (Å²) >= 11 is 1.06. The summed E-state index contributed by atoms with van der Waals surface area (Å²) in [4.78, 5) is 14.0. The minimum atomic E-state index is -0.0314. The van der Waals surface area contributed by atoms with Crippen LogP contribution >= 0.6 is 11.7 Å². The molecule has 0 radical (unpaired) electrons. The first-order valence-electron chi connectivity index (χ1n) is 5.51. The first kappa shape index (κ1) is 11.5. The van der Waals surface area contributed by atoms with E-state index in [0.29, 0.717) is 18.2 Å². The molecule has 1 aliphatic rings. The van der Waals surface area contributed by atoms with Crippen LogP contribution in [0.5, 0.6) is 0 Å². The van der Waals surface area contributed by atoms with Crippen LogP contribution in [-0.2, 0) is 0 Å². The van der Waals surface area contributed by atoms with Gasteiger partial charge < -0.3 is 10.6 Å². The standard InChI is InChI=1S/C10H16N4OS/c1-7-2-3-14(8(4-7)5-11)10(15)9-6-12-16-13-9/h6-8H,2-5,11H2,1H3. The fourth-order valence-electron chi connectivity index (χ4n) is 2.15. The summed E-state index contributed by atoms with van der Waals surface area (Å²) in [6, 6.07) is 0.151. The Labute approximate surface area is 99.0 Å². The van der Waals surface area contributed by atoms with E-state index in [1.54, 1.807) is 0 Å². The van der Waals surface area contributed by atoms with Gasteiger partial charge in [-0.15, -0.1) is 0 Å². The molecule has 1 amide bonds. The van der Waals surface area contributed by atoms with Gasteiger partial charge in [0, 0.05) is 19.1 Å². The molecular formula is C10H16N4OS. The quantitative estimate of drug-likeness (QED) is 0.827. The van der Waals surface area contributed by atoms with Crippen LogP contribution in [0.1, 0.15) is 30.3 Å². The summed E-state index contributed by atoms with van der Waals surface area (Å²) in [7, 11) is 0. The molecular weight excluding hydrogens is 224 g/mol. The molecule has 1 fully saturated rings. The average molecular weight is 240 g/mol. The third-order valence-electron chi connectivity index (χ3n) is 3.09. The summed E-state index contributed by atoms with van der Waals surface area (Å²) in [6.07, 6.45) is 3.55. The summed E-state index contributed by atoms with van der Waals surface area (Å²) in [5.74, 6) is 0.613. The van der Waals surface area contributed by atoms with Crippen LogP contribution in [-0.4, -0.2) is 38.7 Å². The van der Waals surface area contributed by atoms with Gasteiger partial charge in [-0.1, -0.05) is 6.92 Å². The number of nitrogens with two attached hydrogens (primary N) is 1. The maximum atomic E-state index is 12.1. The molecule has 0 aliphatic carbocycles. The van der Waals surface area contributed by atoms with Gasteiger partial charge in [0.25, 0.3) is 5.91 Å². The molecule has 6 heteroatoms. The zero-order chi connectivity index (χ0) is 11.5. The highest BCUT2D eigenvalue weighted by Crippen LogP contribution is 2.23. The number of rotatable bonds is 2. The van der Waals surface area contributed by atoms with Crippen molar-refractivity contribution in [1.29, 1.82) is 0 Å². The Morgan fingerprint density at radius 3 is 3.19 bits per heavy atom. The third kappa shape index (κ3) is 2.22. The highest BCUT2D eigenvalue weighted by atomic mass is 32.1. The molecule has 2 atom stereocenters. The molecule has 0 saturated carbocycles. The van der Waals surface area contributed by atoms with Crippen molar-refractivity contribution in [3.05, 3.63) is 11.9 Å². The molecule has 88 valence electrons. The zero-order valence-electron chi connectivity index (χ0n) is 9.30. The summed E-state index contributed by atoms with van der Waals surface area (Å²) in [5, 5.41) is 0. The first-order valence-corrected chi connectivity index (χ1v) is 6.24. The average Bonchev–Trinajstić information content (AvgIpc) is 2.81. The highest BCUT2D eigenvalue weighted by Gasteiger charge is 2.30. The lowest BCUT2D eigenvalue weighted by Gasteiger charge is -2.37. The molecule has 2 rings (SSSR count). The lowest BCUT2D eigenvalue weighted by molar-refractivity contribution is 0.0568. The molecule has 1 aliphatic heterocycles. The number of piperidine rings is 1. The van der Waals surface area contributed by atoms with E-state index >= 15 is 0 Å². The largest absolute Gasteiger partial charge is 0.333 e. The van der Waals surface area contributed by atoms with E-state index in [9.17, 15) is 4.79 Å². The number of hydrogen-bond acceptors (Lipinski definition) is 5. The van der Waals surface area contributed by atoms with Gasteiger partial charge in [-0.3, -0.25) is 4.79 Å². The normalized spacial score (nSPS) is 25.8. The Hall–Kier alpha value is -1.01. The van der Waals surface area contributed by atoms with E-state index < -0.39 is 0 Å². The number of carbonyl (C=O) groups excluding carboxylic acids is 1. The number of amides is 1. The van der Waals surface area contributed by atoms with Crippen molar-refractivity contribution >= 4 is 17.6 Å². The van der Waals surface area contributed by atoms with Gasteiger partial charge in [0.1, 0.15) is 0 Å². The molecule has 0 bridgehead atoms. The van der Waals surface area contributed by atoms with E-state index in [1.807, 2.05) is 4.90 Å². The maximum Gasteiger partial charge on any atom is 0.275 e. The summed E-state index contributed by atoms with van der Waals surface area (Å²) in [5.41, 5.74) is 6.16. The van der Waals surface area contributed by atoms with Crippen molar-refractivity contribution in [2.24, 2.45) is 11.7 Å². The Kier molecular flexibility index (Phi) is 3.50. The van der Waals surface area contributed by atoms with Crippen LogP contribution < -0.4 is 5.73 Å². The van der Waals surface area contributed by atoms with Crippen LogP contribution in [0.25, 0.3) is 0 Å². The topological polar surface area (TPSA) is 72.1 Å². The molecule has 2 unspecified atom stereocenters. The minimum absolute atomic E-state index is 0.0314. The van der Waals surface area contributed by atoms with Crippen molar-refractivity contribution in [2.45, 2.75) is 25.8 Å². The van der Waals surface area contributed by atoms with Gasteiger partial charge in [0.15, 0.2) is 5.69 Å². The van der Waals surface area contributed by atoms with E-state index in [2.05, 4.69) is 15.7 Å². The van der Waals surface area contributed by atoms with Crippen LogP contribution in [0.2, 0.25) is 0 Å². The number of aromatic nitrogens is 2. The van der Waals surface area contributed by atoms with Crippen molar-refractivity contribution in [1.82, 2.24) is 13.6 Å².